The molecule has 0 bridgehead atoms. The highest BCUT2D eigenvalue weighted by Crippen LogP contribution is 2.38. The highest BCUT2D eigenvalue weighted by Gasteiger charge is 2.22. The molecule has 0 atom stereocenters. The first-order valence-electron chi connectivity index (χ1n) is 13.9. The number of aromatic hydroxyl groups is 1. The molecule has 1 N–H and O–H groups in total. The van der Waals surface area contributed by atoms with Gasteiger partial charge in [0.25, 0.3) is 0 Å². The summed E-state index contributed by atoms with van der Waals surface area (Å²) in [5.74, 6) is 1.57. The van der Waals surface area contributed by atoms with Crippen LogP contribution in [0.4, 0.5) is 0 Å². The molecule has 40 heavy (non-hydrogen) atoms. The molecule has 0 unspecified atom stereocenters. The highest BCUT2D eigenvalue weighted by molar-refractivity contribution is 5.85. The van der Waals surface area contributed by atoms with Crippen LogP contribution in [0.5, 0.6) is 5.75 Å². The molecule has 6 rings (SSSR count). The van der Waals surface area contributed by atoms with Crippen molar-refractivity contribution in [1.82, 2.24) is 14.5 Å². The van der Waals surface area contributed by atoms with Gasteiger partial charge in [0, 0.05) is 28.9 Å². The normalized spacial score (nSPS) is 11.6. The maximum Gasteiger partial charge on any atom is 0.148 e. The van der Waals surface area contributed by atoms with Gasteiger partial charge in [0.05, 0.1) is 22.6 Å². The van der Waals surface area contributed by atoms with Crippen molar-refractivity contribution in [2.24, 2.45) is 0 Å². The zero-order valence-corrected chi connectivity index (χ0v) is 23.3. The quantitative estimate of drug-likeness (QED) is 0.237. The monoisotopic (exact) mass is 523 g/mol. The van der Waals surface area contributed by atoms with E-state index in [4.69, 9.17) is 9.97 Å². The Labute approximate surface area is 235 Å². The Morgan fingerprint density at radius 3 is 1.98 bits per heavy atom. The van der Waals surface area contributed by atoms with Gasteiger partial charge in [-0.25, -0.2) is 4.98 Å². The third kappa shape index (κ3) is 4.66. The Morgan fingerprint density at radius 2 is 1.27 bits per heavy atom. The van der Waals surface area contributed by atoms with E-state index < -0.39 is 0 Å². The molecule has 198 valence electrons. The summed E-state index contributed by atoms with van der Waals surface area (Å²) < 4.78 is 2.18. The van der Waals surface area contributed by atoms with Crippen LogP contribution in [-0.4, -0.2) is 19.6 Å². The first-order valence-corrected chi connectivity index (χ1v) is 13.9. The van der Waals surface area contributed by atoms with E-state index in [0.29, 0.717) is 17.4 Å². The van der Waals surface area contributed by atoms with Gasteiger partial charge in [-0.1, -0.05) is 100 Å². The summed E-state index contributed by atoms with van der Waals surface area (Å²) in [6.07, 6.45) is 4.04. The van der Waals surface area contributed by atoms with Gasteiger partial charge in [0.1, 0.15) is 11.6 Å². The number of rotatable bonds is 6. The van der Waals surface area contributed by atoms with Gasteiger partial charge < -0.3 is 5.11 Å². The van der Waals surface area contributed by atoms with E-state index in [0.717, 1.165) is 44.8 Å². The number of para-hydroxylation sites is 2. The number of fused-ring (bicyclic) bond motifs is 1. The first kappa shape index (κ1) is 25.6. The molecular weight excluding hydrogens is 490 g/mol. The van der Waals surface area contributed by atoms with Gasteiger partial charge in [0.15, 0.2) is 0 Å². The molecule has 4 nitrogen and oxygen atoms in total. The van der Waals surface area contributed by atoms with Crippen LogP contribution >= 0.6 is 0 Å². The second-order valence-electron chi connectivity index (χ2n) is 10.9. The van der Waals surface area contributed by atoms with Crippen LogP contribution in [0, 0.1) is 0 Å². The SMILES string of the molecule is CC(C)c1cccc(C(C)C)c1-n1cc(-c2cccc(-c3cc4ccccc4cn3)c2)nc1-c1ccccc1O. The van der Waals surface area contributed by atoms with E-state index in [1.54, 1.807) is 6.07 Å². The minimum atomic E-state index is 0.211. The van der Waals surface area contributed by atoms with E-state index in [1.165, 1.54) is 11.1 Å². The average Bonchev–Trinajstić information content (AvgIpc) is 3.41. The average molecular weight is 524 g/mol. The fourth-order valence-electron chi connectivity index (χ4n) is 5.41. The van der Waals surface area contributed by atoms with Crippen LogP contribution in [0.2, 0.25) is 0 Å². The Bertz CT molecular complexity index is 1800. The maximum atomic E-state index is 10.9. The largest absolute Gasteiger partial charge is 0.507 e. The Hall–Kier alpha value is -4.70. The molecule has 4 heteroatoms. The summed E-state index contributed by atoms with van der Waals surface area (Å²) >= 11 is 0. The van der Waals surface area contributed by atoms with Gasteiger partial charge in [0.2, 0.25) is 0 Å². The number of imidazole rings is 1. The molecular formula is C36H33N3O. The molecule has 4 aromatic carbocycles. The summed E-state index contributed by atoms with van der Waals surface area (Å²) in [5.41, 5.74) is 8.14. The number of hydrogen-bond donors (Lipinski definition) is 1. The number of benzene rings is 4. The number of nitrogens with zero attached hydrogens (tertiary/aromatic N) is 3. The molecule has 0 aliphatic rings. The van der Waals surface area contributed by atoms with Crippen LogP contribution in [-0.2, 0) is 0 Å². The van der Waals surface area contributed by atoms with Crippen molar-refractivity contribution in [1.29, 1.82) is 0 Å². The predicted molar refractivity (Wildman–Crippen MR) is 165 cm³/mol. The van der Waals surface area contributed by atoms with Crippen molar-refractivity contribution < 1.29 is 5.11 Å². The Balaban J connectivity index is 1.56. The van der Waals surface area contributed by atoms with E-state index in [9.17, 15) is 5.11 Å². The van der Waals surface area contributed by atoms with Crippen molar-refractivity contribution in [3.8, 4) is 45.3 Å². The molecule has 0 radical (unpaired) electrons. The maximum absolute atomic E-state index is 10.9. The van der Waals surface area contributed by atoms with Crippen molar-refractivity contribution in [2.45, 2.75) is 39.5 Å². The molecule has 0 spiro atoms. The number of phenols is 1. The van der Waals surface area contributed by atoms with E-state index in [2.05, 4.69) is 105 Å². The van der Waals surface area contributed by atoms with Crippen molar-refractivity contribution in [3.63, 3.8) is 0 Å². The minimum Gasteiger partial charge on any atom is -0.507 e. The third-order valence-electron chi connectivity index (χ3n) is 7.52. The van der Waals surface area contributed by atoms with Gasteiger partial charge in [-0.15, -0.1) is 0 Å². The molecule has 0 aliphatic carbocycles. The fraction of sp³-hybridized carbons (Fsp3) is 0.167. The summed E-state index contributed by atoms with van der Waals surface area (Å²) in [6.45, 7) is 8.89. The Kier molecular flexibility index (Phi) is 6.69. The Morgan fingerprint density at radius 1 is 0.650 bits per heavy atom. The lowest BCUT2D eigenvalue weighted by molar-refractivity contribution is 0.477. The van der Waals surface area contributed by atoms with Gasteiger partial charge in [-0.05, 0) is 52.6 Å². The lowest BCUT2D eigenvalue weighted by Gasteiger charge is -2.22. The third-order valence-corrected chi connectivity index (χ3v) is 7.52. The van der Waals surface area contributed by atoms with Gasteiger partial charge in [-0.2, -0.15) is 0 Å². The smallest absolute Gasteiger partial charge is 0.148 e. The van der Waals surface area contributed by atoms with Crippen LogP contribution in [0.1, 0.15) is 50.7 Å². The molecule has 0 fully saturated rings. The molecule has 0 aliphatic heterocycles. The van der Waals surface area contributed by atoms with Gasteiger partial charge in [-0.3, -0.25) is 9.55 Å². The minimum absolute atomic E-state index is 0.211. The molecule has 0 amide bonds. The van der Waals surface area contributed by atoms with Crippen molar-refractivity contribution in [3.05, 3.63) is 121 Å². The van der Waals surface area contributed by atoms with Crippen molar-refractivity contribution in [2.75, 3.05) is 0 Å². The molecule has 0 saturated heterocycles. The second-order valence-corrected chi connectivity index (χ2v) is 10.9. The summed E-state index contributed by atoms with van der Waals surface area (Å²) in [5, 5.41) is 13.2. The number of phenolic OH excluding ortho intramolecular Hbond substituents is 1. The van der Waals surface area contributed by atoms with Crippen LogP contribution in [0.25, 0.3) is 50.4 Å². The number of aromatic nitrogens is 3. The second kappa shape index (κ2) is 10.5. The summed E-state index contributed by atoms with van der Waals surface area (Å²) in [6, 6.07) is 32.8. The zero-order valence-electron chi connectivity index (χ0n) is 23.3. The van der Waals surface area contributed by atoms with Crippen LogP contribution in [0.3, 0.4) is 0 Å². The fourth-order valence-corrected chi connectivity index (χ4v) is 5.41. The lowest BCUT2D eigenvalue weighted by Crippen LogP contribution is -2.07. The topological polar surface area (TPSA) is 50.9 Å². The van der Waals surface area contributed by atoms with Crippen LogP contribution in [0.15, 0.2) is 109 Å². The van der Waals surface area contributed by atoms with E-state index >= 15 is 0 Å². The van der Waals surface area contributed by atoms with E-state index in [1.807, 2.05) is 30.5 Å². The highest BCUT2D eigenvalue weighted by atomic mass is 16.3. The molecule has 2 aromatic heterocycles. The zero-order chi connectivity index (χ0) is 27.8. The first-order chi connectivity index (χ1) is 19.4. The molecule has 2 heterocycles. The standard InChI is InChI=1S/C36H33N3O/c1-23(2)29-16-10-17-30(24(3)4)35(29)39-22-33(38-36(39)31-15-7-8-18-34(31)40)27-14-9-13-26(19-27)32-20-25-11-5-6-12-28(25)21-37-32/h5-24,40H,1-4H3. The van der Waals surface area contributed by atoms with Crippen LogP contribution < -0.4 is 0 Å². The predicted octanol–water partition coefficient (Wildman–Crippen LogP) is 9.37. The number of pyridine rings is 1. The summed E-state index contributed by atoms with van der Waals surface area (Å²) in [4.78, 5) is 9.90. The molecule has 0 saturated carbocycles. The van der Waals surface area contributed by atoms with E-state index in [-0.39, 0.29) is 5.75 Å². The lowest BCUT2D eigenvalue weighted by atomic mass is 9.92. The van der Waals surface area contributed by atoms with Gasteiger partial charge >= 0.3 is 0 Å². The summed E-state index contributed by atoms with van der Waals surface area (Å²) in [7, 11) is 0. The number of hydrogen-bond acceptors (Lipinski definition) is 3. The molecule has 6 aromatic rings. The van der Waals surface area contributed by atoms with Crippen molar-refractivity contribution >= 4 is 10.8 Å².